The minimum Gasteiger partial charge on any atom is -0.481 e. The van der Waals surface area contributed by atoms with Gasteiger partial charge in [0, 0.05) is 20.2 Å². The summed E-state index contributed by atoms with van der Waals surface area (Å²) in [4.78, 5) is 10.3. The van der Waals surface area contributed by atoms with Gasteiger partial charge in [0.05, 0.1) is 18.8 Å². The second kappa shape index (κ2) is 7.37. The molecule has 0 spiro atoms. The van der Waals surface area contributed by atoms with Crippen LogP contribution in [0.15, 0.2) is 12.7 Å². The molecule has 6 nitrogen and oxygen atoms in total. The van der Waals surface area contributed by atoms with Crippen molar-refractivity contribution in [1.82, 2.24) is 4.31 Å². The highest BCUT2D eigenvalue weighted by Crippen LogP contribution is 2.03. The van der Waals surface area contributed by atoms with Gasteiger partial charge in [0.2, 0.25) is 10.0 Å². The number of hydrogen-bond donors (Lipinski definition) is 1. The molecule has 0 fully saturated rings. The maximum Gasteiger partial charge on any atom is 0.304 e. The largest absolute Gasteiger partial charge is 0.481 e. The highest BCUT2D eigenvalue weighted by molar-refractivity contribution is 7.89. The smallest absolute Gasteiger partial charge is 0.304 e. The molecule has 0 radical (unpaired) electrons. The molecule has 0 saturated carbocycles. The Balaban J connectivity index is 4.48. The normalized spacial score (nSPS) is 11.6. The third-order valence-corrected chi connectivity index (χ3v) is 3.68. The van der Waals surface area contributed by atoms with E-state index in [0.29, 0.717) is 0 Å². The molecule has 16 heavy (non-hydrogen) atoms. The average molecular weight is 251 g/mol. The zero-order valence-electron chi connectivity index (χ0n) is 9.26. The Morgan fingerprint density at radius 3 is 2.62 bits per heavy atom. The minimum absolute atomic E-state index is 0.158. The third-order valence-electron chi connectivity index (χ3n) is 1.84. The van der Waals surface area contributed by atoms with E-state index in [0.717, 1.165) is 4.31 Å². The van der Waals surface area contributed by atoms with Crippen LogP contribution >= 0.6 is 0 Å². The molecule has 0 bridgehead atoms. The quantitative estimate of drug-likeness (QED) is 0.580. The van der Waals surface area contributed by atoms with Gasteiger partial charge in [-0.05, 0) is 0 Å². The number of aliphatic carboxylic acids is 1. The van der Waals surface area contributed by atoms with Crippen LogP contribution in [0.5, 0.6) is 0 Å². The van der Waals surface area contributed by atoms with Crippen LogP contribution in [0.25, 0.3) is 0 Å². The lowest BCUT2D eigenvalue weighted by atomic mass is 10.5. The number of carboxylic acids is 1. The minimum atomic E-state index is -3.55. The van der Waals surface area contributed by atoms with E-state index in [1.807, 2.05) is 0 Å². The van der Waals surface area contributed by atoms with Gasteiger partial charge in [-0.1, -0.05) is 6.08 Å². The van der Waals surface area contributed by atoms with Crippen molar-refractivity contribution in [2.45, 2.75) is 6.42 Å². The van der Waals surface area contributed by atoms with Gasteiger partial charge in [0.1, 0.15) is 0 Å². The van der Waals surface area contributed by atoms with Crippen LogP contribution in [0.3, 0.4) is 0 Å². The number of rotatable bonds is 9. The monoisotopic (exact) mass is 251 g/mol. The summed E-state index contributed by atoms with van der Waals surface area (Å²) in [7, 11) is -2.08. The second-order valence-corrected chi connectivity index (χ2v) is 5.19. The SMILES string of the molecule is C=CCN(CCOC)S(=O)(=O)CCC(=O)O. The maximum absolute atomic E-state index is 11.7. The predicted molar refractivity (Wildman–Crippen MR) is 59.7 cm³/mol. The summed E-state index contributed by atoms with van der Waals surface area (Å²) in [6.45, 7) is 4.08. The number of sulfonamides is 1. The van der Waals surface area contributed by atoms with Gasteiger partial charge in [-0.15, -0.1) is 6.58 Å². The van der Waals surface area contributed by atoms with Crippen LogP contribution in [0.4, 0.5) is 0 Å². The first-order valence-electron chi connectivity index (χ1n) is 4.73. The Hall–Kier alpha value is -0.920. The summed E-state index contributed by atoms with van der Waals surface area (Å²) < 4.78 is 29.3. The molecule has 0 atom stereocenters. The van der Waals surface area contributed by atoms with E-state index in [1.54, 1.807) is 0 Å². The van der Waals surface area contributed by atoms with Crippen LogP contribution in [0.1, 0.15) is 6.42 Å². The van der Waals surface area contributed by atoms with Crippen LogP contribution in [0, 0.1) is 0 Å². The number of hydrogen-bond acceptors (Lipinski definition) is 4. The van der Waals surface area contributed by atoms with Crippen molar-refractivity contribution in [3.8, 4) is 0 Å². The molecule has 94 valence electrons. The Morgan fingerprint density at radius 2 is 2.19 bits per heavy atom. The Morgan fingerprint density at radius 1 is 1.56 bits per heavy atom. The van der Waals surface area contributed by atoms with Gasteiger partial charge >= 0.3 is 5.97 Å². The van der Waals surface area contributed by atoms with Crippen molar-refractivity contribution < 1.29 is 23.1 Å². The van der Waals surface area contributed by atoms with Gasteiger partial charge in [-0.25, -0.2) is 8.42 Å². The fourth-order valence-corrected chi connectivity index (χ4v) is 2.40. The van der Waals surface area contributed by atoms with E-state index in [9.17, 15) is 13.2 Å². The third kappa shape index (κ3) is 5.84. The molecule has 0 aliphatic carbocycles. The number of carboxylic acid groups (broad SMARTS) is 1. The lowest BCUT2D eigenvalue weighted by Crippen LogP contribution is -2.36. The fraction of sp³-hybridized carbons (Fsp3) is 0.667. The number of ether oxygens (including phenoxy) is 1. The molecule has 0 aromatic rings. The van der Waals surface area contributed by atoms with Crippen LogP contribution < -0.4 is 0 Å². The van der Waals surface area contributed by atoms with Gasteiger partial charge in [0.15, 0.2) is 0 Å². The first-order valence-corrected chi connectivity index (χ1v) is 6.34. The molecule has 0 aromatic carbocycles. The zero-order chi connectivity index (χ0) is 12.6. The van der Waals surface area contributed by atoms with E-state index in [1.165, 1.54) is 13.2 Å². The van der Waals surface area contributed by atoms with Gasteiger partial charge in [-0.2, -0.15) is 4.31 Å². The summed E-state index contributed by atoms with van der Waals surface area (Å²) in [5.74, 6) is -1.53. The molecule has 0 aromatic heterocycles. The molecule has 1 N–H and O–H groups in total. The number of methoxy groups -OCH3 is 1. The first-order chi connectivity index (χ1) is 7.44. The molecule has 0 heterocycles. The highest BCUT2D eigenvalue weighted by Gasteiger charge is 2.21. The topological polar surface area (TPSA) is 83.9 Å². The summed E-state index contributed by atoms with van der Waals surface area (Å²) in [6.07, 6.45) is 1.05. The van der Waals surface area contributed by atoms with Crippen molar-refractivity contribution in [3.63, 3.8) is 0 Å². The number of carbonyl (C=O) groups is 1. The maximum atomic E-state index is 11.7. The fourth-order valence-electron chi connectivity index (χ4n) is 1.03. The van der Waals surface area contributed by atoms with Crippen LogP contribution in [0.2, 0.25) is 0 Å². The van der Waals surface area contributed by atoms with Gasteiger partial charge in [0.25, 0.3) is 0 Å². The summed E-state index contributed by atoms with van der Waals surface area (Å²) in [6, 6.07) is 0. The Kier molecular flexibility index (Phi) is 6.95. The highest BCUT2D eigenvalue weighted by atomic mass is 32.2. The van der Waals surface area contributed by atoms with Crippen LogP contribution in [-0.4, -0.2) is 56.4 Å². The molecular formula is C9H17NO5S. The van der Waals surface area contributed by atoms with E-state index >= 15 is 0 Å². The van der Waals surface area contributed by atoms with E-state index in [4.69, 9.17) is 9.84 Å². The first kappa shape index (κ1) is 15.1. The summed E-state index contributed by atoms with van der Waals surface area (Å²) in [5, 5.41) is 8.44. The van der Waals surface area contributed by atoms with Crippen LogP contribution in [-0.2, 0) is 19.6 Å². The average Bonchev–Trinajstić information content (AvgIpc) is 2.21. The van der Waals surface area contributed by atoms with Crippen molar-refractivity contribution in [2.75, 3.05) is 32.6 Å². The summed E-state index contributed by atoms with van der Waals surface area (Å²) in [5.41, 5.74) is 0. The Bertz CT molecular complexity index is 325. The molecule has 7 heteroatoms. The van der Waals surface area contributed by atoms with E-state index in [-0.39, 0.29) is 19.7 Å². The van der Waals surface area contributed by atoms with Crippen molar-refractivity contribution >= 4 is 16.0 Å². The molecule has 0 amide bonds. The second-order valence-electron chi connectivity index (χ2n) is 3.10. The van der Waals surface area contributed by atoms with Crippen molar-refractivity contribution in [2.24, 2.45) is 0 Å². The molecule has 0 aliphatic rings. The summed E-state index contributed by atoms with van der Waals surface area (Å²) >= 11 is 0. The van der Waals surface area contributed by atoms with E-state index < -0.39 is 28.2 Å². The van der Waals surface area contributed by atoms with Crippen molar-refractivity contribution in [3.05, 3.63) is 12.7 Å². The zero-order valence-corrected chi connectivity index (χ0v) is 10.1. The lowest BCUT2D eigenvalue weighted by Gasteiger charge is -2.19. The lowest BCUT2D eigenvalue weighted by molar-refractivity contribution is -0.136. The standard InChI is InChI=1S/C9H17NO5S/c1-3-5-10(6-7-15-2)16(13,14)8-4-9(11)12/h3H,1,4-8H2,2H3,(H,11,12). The molecular weight excluding hydrogens is 234 g/mol. The number of nitrogens with zero attached hydrogens (tertiary/aromatic N) is 1. The molecule has 0 aliphatic heterocycles. The molecule has 0 rings (SSSR count). The molecule has 0 unspecified atom stereocenters. The Labute approximate surface area is 95.6 Å². The van der Waals surface area contributed by atoms with Gasteiger partial charge in [-0.3, -0.25) is 4.79 Å². The van der Waals surface area contributed by atoms with Gasteiger partial charge < -0.3 is 9.84 Å². The predicted octanol–water partition coefficient (Wildman–Crippen LogP) is -0.0747. The van der Waals surface area contributed by atoms with Crippen molar-refractivity contribution in [1.29, 1.82) is 0 Å². The van der Waals surface area contributed by atoms with E-state index in [2.05, 4.69) is 6.58 Å². The molecule has 0 saturated heterocycles.